The van der Waals surface area contributed by atoms with Gasteiger partial charge in [0.25, 0.3) is 5.88 Å². The summed E-state index contributed by atoms with van der Waals surface area (Å²) in [7, 11) is 1.55. The summed E-state index contributed by atoms with van der Waals surface area (Å²) in [5.74, 6) is 1.10. The van der Waals surface area contributed by atoms with E-state index >= 15 is 0 Å². The number of benzene rings is 1. The van der Waals surface area contributed by atoms with Crippen LogP contribution in [0.4, 0.5) is 11.5 Å². The Hall–Kier alpha value is -2.63. The number of methoxy groups -OCH3 is 1. The van der Waals surface area contributed by atoms with Gasteiger partial charge < -0.3 is 14.5 Å². The molecule has 0 atom stereocenters. The topological polar surface area (TPSA) is 58.6 Å². The Balaban J connectivity index is 1.78. The van der Waals surface area contributed by atoms with E-state index in [0.717, 1.165) is 5.69 Å². The quantitative estimate of drug-likeness (QED) is 0.851. The molecule has 1 aromatic heterocycles. The minimum Gasteiger partial charge on any atom is -0.478 e. The van der Waals surface area contributed by atoms with Gasteiger partial charge in [-0.2, -0.15) is 0 Å². The minimum atomic E-state index is 0.0418. The van der Waals surface area contributed by atoms with E-state index in [-0.39, 0.29) is 12.5 Å². The van der Waals surface area contributed by atoms with Gasteiger partial charge >= 0.3 is 0 Å². The van der Waals surface area contributed by atoms with Crippen molar-refractivity contribution in [3.63, 3.8) is 0 Å². The number of ether oxygens (including phenoxy) is 1. The molecule has 0 N–H and O–H groups in total. The van der Waals surface area contributed by atoms with Gasteiger partial charge in [0.1, 0.15) is 0 Å². The first-order valence-electron chi connectivity index (χ1n) is 6.75. The third-order valence-electron chi connectivity index (χ3n) is 3.43. The lowest BCUT2D eigenvalue weighted by Gasteiger charge is -2.35. The van der Waals surface area contributed by atoms with E-state index in [4.69, 9.17) is 4.74 Å². The highest BCUT2D eigenvalue weighted by molar-refractivity contribution is 5.97. The van der Waals surface area contributed by atoms with Crippen LogP contribution in [0.1, 0.15) is 0 Å². The van der Waals surface area contributed by atoms with Crippen molar-refractivity contribution in [2.75, 3.05) is 36.5 Å². The molecule has 0 unspecified atom stereocenters. The molecular weight excluding hydrogens is 268 g/mol. The number of rotatable bonds is 3. The number of para-hydroxylation sites is 1. The van der Waals surface area contributed by atoms with Crippen LogP contribution in [-0.2, 0) is 4.79 Å². The predicted octanol–water partition coefficient (Wildman–Crippen LogP) is 1.34. The zero-order chi connectivity index (χ0) is 14.7. The van der Waals surface area contributed by atoms with Crippen molar-refractivity contribution >= 4 is 17.4 Å². The summed E-state index contributed by atoms with van der Waals surface area (Å²) in [5.41, 5.74) is 0.924. The van der Waals surface area contributed by atoms with Crippen molar-refractivity contribution in [3.8, 4) is 5.88 Å². The van der Waals surface area contributed by atoms with Gasteiger partial charge in [-0.15, -0.1) is 0 Å². The van der Waals surface area contributed by atoms with Crippen LogP contribution in [0.5, 0.6) is 5.88 Å². The molecule has 2 heterocycles. The van der Waals surface area contributed by atoms with Gasteiger partial charge in [-0.05, 0) is 12.1 Å². The lowest BCUT2D eigenvalue weighted by atomic mass is 10.2. The van der Waals surface area contributed by atoms with E-state index < -0.39 is 0 Å². The van der Waals surface area contributed by atoms with Crippen molar-refractivity contribution in [3.05, 3.63) is 42.7 Å². The third kappa shape index (κ3) is 2.65. The predicted molar refractivity (Wildman–Crippen MR) is 79.6 cm³/mol. The van der Waals surface area contributed by atoms with Gasteiger partial charge in [0.2, 0.25) is 5.91 Å². The molecule has 0 aliphatic carbocycles. The van der Waals surface area contributed by atoms with Crippen molar-refractivity contribution in [1.82, 2.24) is 9.97 Å². The van der Waals surface area contributed by atoms with Crippen molar-refractivity contribution in [2.24, 2.45) is 0 Å². The number of carbonyl (C=O) groups excluding carboxylic acids is 1. The zero-order valence-electron chi connectivity index (χ0n) is 11.8. The fourth-order valence-corrected chi connectivity index (χ4v) is 2.41. The van der Waals surface area contributed by atoms with E-state index in [2.05, 4.69) is 9.97 Å². The summed E-state index contributed by atoms with van der Waals surface area (Å²) in [5, 5.41) is 0. The summed E-state index contributed by atoms with van der Waals surface area (Å²) in [6.45, 7) is 1.57. The number of anilines is 2. The minimum absolute atomic E-state index is 0.0418. The van der Waals surface area contributed by atoms with Crippen LogP contribution >= 0.6 is 0 Å². The molecule has 1 saturated heterocycles. The largest absolute Gasteiger partial charge is 0.478 e. The number of hydrogen-bond donors (Lipinski definition) is 0. The SMILES string of the molecule is COc1nccnc1N1CCN(c2ccccc2)C(=O)C1. The molecule has 3 rings (SSSR count). The second-order valence-electron chi connectivity index (χ2n) is 4.69. The van der Waals surface area contributed by atoms with Gasteiger partial charge in [0.05, 0.1) is 13.7 Å². The Bertz CT molecular complexity index is 633. The van der Waals surface area contributed by atoms with E-state index in [9.17, 15) is 4.79 Å². The molecule has 2 aromatic rings. The van der Waals surface area contributed by atoms with Crippen LogP contribution in [0, 0.1) is 0 Å². The maximum absolute atomic E-state index is 12.4. The van der Waals surface area contributed by atoms with E-state index in [1.165, 1.54) is 0 Å². The van der Waals surface area contributed by atoms with Crippen LogP contribution in [-0.4, -0.2) is 42.6 Å². The first kappa shape index (κ1) is 13.4. The number of piperazine rings is 1. The van der Waals surface area contributed by atoms with Gasteiger partial charge in [0.15, 0.2) is 5.82 Å². The summed E-state index contributed by atoms with van der Waals surface area (Å²) >= 11 is 0. The second-order valence-corrected chi connectivity index (χ2v) is 4.69. The maximum Gasteiger partial charge on any atom is 0.257 e. The molecule has 108 valence electrons. The van der Waals surface area contributed by atoms with Crippen LogP contribution in [0.15, 0.2) is 42.7 Å². The Kier molecular flexibility index (Phi) is 3.68. The van der Waals surface area contributed by atoms with Crippen molar-refractivity contribution < 1.29 is 9.53 Å². The van der Waals surface area contributed by atoms with E-state index in [0.29, 0.717) is 24.8 Å². The smallest absolute Gasteiger partial charge is 0.257 e. The molecule has 0 radical (unpaired) electrons. The number of carbonyl (C=O) groups is 1. The van der Waals surface area contributed by atoms with Crippen LogP contribution < -0.4 is 14.5 Å². The third-order valence-corrected chi connectivity index (χ3v) is 3.43. The highest BCUT2D eigenvalue weighted by Crippen LogP contribution is 2.25. The van der Waals surface area contributed by atoms with Crippen molar-refractivity contribution in [2.45, 2.75) is 0 Å². The number of amides is 1. The molecule has 1 fully saturated rings. The first-order chi connectivity index (χ1) is 10.3. The standard InChI is InChI=1S/C15H16N4O2/c1-21-15-14(16-7-8-17-15)18-9-10-19(13(20)11-18)12-5-3-2-4-6-12/h2-8H,9-11H2,1H3. The van der Waals surface area contributed by atoms with E-state index in [1.54, 1.807) is 24.4 Å². The number of aromatic nitrogens is 2. The summed E-state index contributed by atoms with van der Waals surface area (Å²) in [6, 6.07) is 9.68. The normalized spacial score (nSPS) is 15.2. The highest BCUT2D eigenvalue weighted by atomic mass is 16.5. The molecule has 6 heteroatoms. The highest BCUT2D eigenvalue weighted by Gasteiger charge is 2.27. The molecule has 6 nitrogen and oxygen atoms in total. The Morgan fingerprint density at radius 3 is 2.57 bits per heavy atom. The van der Waals surface area contributed by atoms with Crippen LogP contribution in [0.25, 0.3) is 0 Å². The molecular formula is C15H16N4O2. The Labute approximate surface area is 123 Å². The molecule has 1 aliphatic heterocycles. The molecule has 0 spiro atoms. The molecule has 0 bridgehead atoms. The zero-order valence-corrected chi connectivity index (χ0v) is 11.8. The average Bonchev–Trinajstić information content (AvgIpc) is 2.55. The molecule has 21 heavy (non-hydrogen) atoms. The first-order valence-corrected chi connectivity index (χ1v) is 6.75. The van der Waals surface area contributed by atoms with Crippen LogP contribution in [0.3, 0.4) is 0 Å². The Morgan fingerprint density at radius 1 is 1.10 bits per heavy atom. The summed E-state index contributed by atoms with van der Waals surface area (Å²) < 4.78 is 5.21. The monoisotopic (exact) mass is 284 g/mol. The number of nitrogens with zero attached hydrogens (tertiary/aromatic N) is 4. The van der Waals surface area contributed by atoms with Gasteiger partial charge in [-0.1, -0.05) is 18.2 Å². The average molecular weight is 284 g/mol. The second kappa shape index (κ2) is 5.78. The molecule has 0 saturated carbocycles. The molecule has 1 aliphatic rings. The fraction of sp³-hybridized carbons (Fsp3) is 0.267. The summed E-state index contributed by atoms with van der Waals surface area (Å²) in [4.78, 5) is 24.5. The maximum atomic E-state index is 12.4. The molecule has 1 aromatic carbocycles. The molecule has 1 amide bonds. The summed E-state index contributed by atoms with van der Waals surface area (Å²) in [6.07, 6.45) is 3.18. The van der Waals surface area contributed by atoms with Gasteiger partial charge in [0, 0.05) is 31.2 Å². The fourth-order valence-electron chi connectivity index (χ4n) is 2.41. The van der Waals surface area contributed by atoms with Gasteiger partial charge in [-0.25, -0.2) is 9.97 Å². The Morgan fingerprint density at radius 2 is 1.86 bits per heavy atom. The van der Waals surface area contributed by atoms with Crippen molar-refractivity contribution in [1.29, 1.82) is 0 Å². The van der Waals surface area contributed by atoms with Crippen LogP contribution in [0.2, 0.25) is 0 Å². The van der Waals surface area contributed by atoms with E-state index in [1.807, 2.05) is 35.2 Å². The number of hydrogen-bond acceptors (Lipinski definition) is 5. The lowest BCUT2D eigenvalue weighted by Crippen LogP contribution is -2.51. The van der Waals surface area contributed by atoms with Gasteiger partial charge in [-0.3, -0.25) is 4.79 Å². The lowest BCUT2D eigenvalue weighted by molar-refractivity contribution is -0.117.